The van der Waals surface area contributed by atoms with Crippen LogP contribution in [-0.4, -0.2) is 34.8 Å². The van der Waals surface area contributed by atoms with Crippen LogP contribution in [0.2, 0.25) is 0 Å². The quantitative estimate of drug-likeness (QED) is 0.792. The highest BCUT2D eigenvalue weighted by atomic mass is 15.3. The van der Waals surface area contributed by atoms with E-state index < -0.39 is 0 Å². The van der Waals surface area contributed by atoms with Crippen LogP contribution >= 0.6 is 0 Å². The number of piperidine rings is 1. The van der Waals surface area contributed by atoms with Crippen LogP contribution in [0.1, 0.15) is 18.4 Å². The lowest BCUT2D eigenvalue weighted by Gasteiger charge is -2.28. The normalized spacial score (nSPS) is 19.6. The molecule has 0 unspecified atom stereocenters. The number of anilines is 1. The molecule has 4 heteroatoms. The summed E-state index contributed by atoms with van der Waals surface area (Å²) in [7, 11) is 2.19. The number of nitrogens with zero attached hydrogens (tertiary/aromatic N) is 3. The Labute approximate surface area is 91.1 Å². The van der Waals surface area contributed by atoms with Crippen molar-refractivity contribution >= 4 is 5.82 Å². The summed E-state index contributed by atoms with van der Waals surface area (Å²) in [6.07, 6.45) is 4.60. The van der Waals surface area contributed by atoms with Gasteiger partial charge in [-0.3, -0.25) is 4.68 Å². The molecule has 0 amide bonds. The third kappa shape index (κ3) is 2.50. The summed E-state index contributed by atoms with van der Waals surface area (Å²) >= 11 is 0. The molecule has 1 saturated heterocycles. The van der Waals surface area contributed by atoms with Gasteiger partial charge in [-0.05, 0) is 45.8 Å². The minimum atomic E-state index is 0.669. The van der Waals surface area contributed by atoms with Crippen LogP contribution in [0.15, 0.2) is 6.20 Å². The molecule has 2 N–H and O–H groups in total. The van der Waals surface area contributed by atoms with Crippen molar-refractivity contribution in [3.05, 3.63) is 11.8 Å². The average molecular weight is 208 g/mol. The minimum Gasteiger partial charge on any atom is -0.382 e. The SMILES string of the molecule is Cc1cn(CC2CCN(C)CC2)nc1N. The number of likely N-dealkylation sites (tertiary alicyclic amines) is 1. The summed E-state index contributed by atoms with van der Waals surface area (Å²) in [5.74, 6) is 1.43. The molecule has 0 spiro atoms. The van der Waals surface area contributed by atoms with Crippen LogP contribution in [0, 0.1) is 12.8 Å². The molecule has 1 aromatic rings. The van der Waals surface area contributed by atoms with Gasteiger partial charge >= 0.3 is 0 Å². The first-order valence-electron chi connectivity index (χ1n) is 5.63. The number of nitrogen functional groups attached to an aromatic ring is 1. The van der Waals surface area contributed by atoms with Crippen molar-refractivity contribution in [2.45, 2.75) is 26.3 Å². The Kier molecular flexibility index (Phi) is 2.95. The van der Waals surface area contributed by atoms with Gasteiger partial charge in [-0.1, -0.05) is 0 Å². The molecule has 0 saturated carbocycles. The fourth-order valence-electron chi connectivity index (χ4n) is 2.14. The lowest BCUT2D eigenvalue weighted by atomic mass is 9.97. The number of hydrogen-bond acceptors (Lipinski definition) is 3. The van der Waals surface area contributed by atoms with Gasteiger partial charge < -0.3 is 10.6 Å². The predicted molar refractivity (Wildman–Crippen MR) is 61.6 cm³/mol. The highest BCUT2D eigenvalue weighted by Crippen LogP contribution is 2.18. The van der Waals surface area contributed by atoms with E-state index >= 15 is 0 Å². The van der Waals surface area contributed by atoms with Gasteiger partial charge in [0.15, 0.2) is 0 Å². The third-order valence-corrected chi connectivity index (χ3v) is 3.27. The van der Waals surface area contributed by atoms with E-state index in [1.807, 2.05) is 17.8 Å². The number of hydrogen-bond donors (Lipinski definition) is 1. The van der Waals surface area contributed by atoms with Crippen LogP contribution in [0.25, 0.3) is 0 Å². The van der Waals surface area contributed by atoms with Gasteiger partial charge in [0.1, 0.15) is 5.82 Å². The summed E-state index contributed by atoms with van der Waals surface area (Å²) in [5.41, 5.74) is 6.81. The van der Waals surface area contributed by atoms with Crippen LogP contribution in [0.4, 0.5) is 5.82 Å². The Morgan fingerprint density at radius 1 is 1.47 bits per heavy atom. The zero-order valence-corrected chi connectivity index (χ0v) is 9.61. The van der Waals surface area contributed by atoms with Crippen molar-refractivity contribution in [2.75, 3.05) is 25.9 Å². The molecule has 1 aliphatic heterocycles. The van der Waals surface area contributed by atoms with E-state index in [0.717, 1.165) is 18.0 Å². The molecular formula is C11H20N4. The highest BCUT2D eigenvalue weighted by Gasteiger charge is 2.17. The lowest BCUT2D eigenvalue weighted by Crippen LogP contribution is -2.32. The van der Waals surface area contributed by atoms with Gasteiger partial charge in [0.25, 0.3) is 0 Å². The van der Waals surface area contributed by atoms with E-state index in [-0.39, 0.29) is 0 Å². The molecule has 4 nitrogen and oxygen atoms in total. The lowest BCUT2D eigenvalue weighted by molar-refractivity contribution is 0.201. The Morgan fingerprint density at radius 2 is 2.13 bits per heavy atom. The summed E-state index contributed by atoms with van der Waals surface area (Å²) in [6, 6.07) is 0. The summed E-state index contributed by atoms with van der Waals surface area (Å²) in [6.45, 7) is 5.44. The minimum absolute atomic E-state index is 0.669. The Bertz CT molecular complexity index is 304. The van der Waals surface area contributed by atoms with E-state index in [1.54, 1.807) is 0 Å². The Balaban J connectivity index is 1.91. The maximum absolute atomic E-state index is 5.73. The highest BCUT2D eigenvalue weighted by molar-refractivity contribution is 5.35. The molecule has 15 heavy (non-hydrogen) atoms. The fraction of sp³-hybridized carbons (Fsp3) is 0.727. The van der Waals surface area contributed by atoms with Gasteiger partial charge in [0.2, 0.25) is 0 Å². The molecule has 0 bridgehead atoms. The number of aromatic nitrogens is 2. The summed E-state index contributed by atoms with van der Waals surface area (Å²) in [4.78, 5) is 2.39. The second-order valence-electron chi connectivity index (χ2n) is 4.67. The van der Waals surface area contributed by atoms with Crippen LogP contribution in [0.5, 0.6) is 0 Å². The first kappa shape index (κ1) is 10.5. The van der Waals surface area contributed by atoms with E-state index in [9.17, 15) is 0 Å². The fourth-order valence-corrected chi connectivity index (χ4v) is 2.14. The molecule has 1 fully saturated rings. The van der Waals surface area contributed by atoms with Crippen LogP contribution in [0.3, 0.4) is 0 Å². The number of nitrogens with two attached hydrogens (primary N) is 1. The number of aryl methyl sites for hydroxylation is 1. The van der Waals surface area contributed by atoms with Crippen molar-refractivity contribution in [1.29, 1.82) is 0 Å². The average Bonchev–Trinajstić information content (AvgIpc) is 2.50. The molecule has 0 atom stereocenters. The molecule has 1 aliphatic rings. The largest absolute Gasteiger partial charge is 0.382 e. The first-order valence-corrected chi connectivity index (χ1v) is 5.63. The molecule has 84 valence electrons. The van der Waals surface area contributed by atoms with E-state index in [0.29, 0.717) is 5.82 Å². The maximum Gasteiger partial charge on any atom is 0.148 e. The Morgan fingerprint density at radius 3 is 2.67 bits per heavy atom. The first-order chi connectivity index (χ1) is 7.15. The third-order valence-electron chi connectivity index (χ3n) is 3.27. The second kappa shape index (κ2) is 4.23. The predicted octanol–water partition coefficient (Wildman–Crippen LogP) is 1.12. The van der Waals surface area contributed by atoms with Crippen molar-refractivity contribution in [3.8, 4) is 0 Å². The molecule has 0 aliphatic carbocycles. The standard InChI is InChI=1S/C11H20N4/c1-9-7-15(13-11(9)12)8-10-3-5-14(2)6-4-10/h7,10H,3-6,8H2,1-2H3,(H2,12,13). The van der Waals surface area contributed by atoms with Crippen LogP contribution < -0.4 is 5.73 Å². The van der Waals surface area contributed by atoms with E-state index in [1.165, 1.54) is 25.9 Å². The Hall–Kier alpha value is -1.03. The molecule has 2 heterocycles. The van der Waals surface area contributed by atoms with E-state index in [4.69, 9.17) is 5.73 Å². The van der Waals surface area contributed by atoms with Crippen molar-refractivity contribution in [2.24, 2.45) is 5.92 Å². The molecular weight excluding hydrogens is 188 g/mol. The maximum atomic E-state index is 5.73. The summed E-state index contributed by atoms with van der Waals surface area (Å²) < 4.78 is 2.00. The van der Waals surface area contributed by atoms with Crippen molar-refractivity contribution in [1.82, 2.24) is 14.7 Å². The van der Waals surface area contributed by atoms with Crippen molar-refractivity contribution in [3.63, 3.8) is 0 Å². The smallest absolute Gasteiger partial charge is 0.148 e. The van der Waals surface area contributed by atoms with Gasteiger partial charge in [-0.25, -0.2) is 0 Å². The second-order valence-corrected chi connectivity index (χ2v) is 4.67. The molecule has 0 aromatic carbocycles. The van der Waals surface area contributed by atoms with E-state index in [2.05, 4.69) is 17.0 Å². The van der Waals surface area contributed by atoms with Gasteiger partial charge in [-0.15, -0.1) is 0 Å². The molecule has 0 radical (unpaired) electrons. The van der Waals surface area contributed by atoms with Crippen LogP contribution in [-0.2, 0) is 6.54 Å². The molecule has 2 rings (SSSR count). The molecule has 1 aromatic heterocycles. The van der Waals surface area contributed by atoms with Gasteiger partial charge in [0, 0.05) is 18.3 Å². The zero-order valence-electron chi connectivity index (χ0n) is 9.61. The monoisotopic (exact) mass is 208 g/mol. The topological polar surface area (TPSA) is 47.1 Å². The van der Waals surface area contributed by atoms with Gasteiger partial charge in [-0.2, -0.15) is 5.10 Å². The summed E-state index contributed by atoms with van der Waals surface area (Å²) in [5, 5.41) is 4.30. The van der Waals surface area contributed by atoms with Gasteiger partial charge in [0.05, 0.1) is 0 Å². The zero-order chi connectivity index (χ0) is 10.8. The van der Waals surface area contributed by atoms with Crippen molar-refractivity contribution < 1.29 is 0 Å². The number of rotatable bonds is 2.